The van der Waals surface area contributed by atoms with Gasteiger partial charge >= 0.3 is 0 Å². The van der Waals surface area contributed by atoms with Crippen LogP contribution in [-0.2, 0) is 0 Å². The highest BCUT2D eigenvalue weighted by Gasteiger charge is 2.07. The van der Waals surface area contributed by atoms with Gasteiger partial charge in [-0.1, -0.05) is 12.1 Å². The summed E-state index contributed by atoms with van der Waals surface area (Å²) in [6, 6.07) is 8.76. The number of hydrogen-bond acceptors (Lipinski definition) is 3. The van der Waals surface area contributed by atoms with E-state index in [2.05, 4.69) is 10.3 Å². The van der Waals surface area contributed by atoms with E-state index < -0.39 is 11.6 Å². The molecule has 0 saturated carbocycles. The van der Waals surface area contributed by atoms with Crippen LogP contribution in [0.2, 0.25) is 0 Å². The molecule has 3 nitrogen and oxygen atoms in total. The number of halogens is 2. The summed E-state index contributed by atoms with van der Waals surface area (Å²) in [4.78, 5) is 3.92. The third kappa shape index (κ3) is 2.08. The Bertz CT molecular complexity index is 514. The average molecular weight is 221 g/mol. The first-order valence-electron chi connectivity index (χ1n) is 4.60. The number of nitrogens with zero attached hydrogens (tertiary/aromatic N) is 1. The van der Waals surface area contributed by atoms with Crippen molar-refractivity contribution in [3.8, 4) is 0 Å². The first kappa shape index (κ1) is 10.4. The van der Waals surface area contributed by atoms with Gasteiger partial charge in [-0.15, -0.1) is 0 Å². The summed E-state index contributed by atoms with van der Waals surface area (Å²) >= 11 is 0. The van der Waals surface area contributed by atoms with Crippen LogP contribution >= 0.6 is 0 Å². The van der Waals surface area contributed by atoms with Crippen LogP contribution in [-0.4, -0.2) is 4.98 Å². The molecule has 0 unspecified atom stereocenters. The second-order valence-corrected chi connectivity index (χ2v) is 3.17. The Morgan fingerprint density at radius 2 is 1.81 bits per heavy atom. The third-order valence-corrected chi connectivity index (χ3v) is 1.98. The molecule has 0 spiro atoms. The quantitative estimate of drug-likeness (QED) is 0.819. The van der Waals surface area contributed by atoms with Crippen molar-refractivity contribution in [2.24, 2.45) is 0 Å². The summed E-state index contributed by atoms with van der Waals surface area (Å²) < 4.78 is 26.2. The fourth-order valence-electron chi connectivity index (χ4n) is 1.26. The molecule has 3 N–H and O–H groups in total. The van der Waals surface area contributed by atoms with Gasteiger partial charge in [0.1, 0.15) is 11.6 Å². The fourth-order valence-corrected chi connectivity index (χ4v) is 1.26. The third-order valence-electron chi connectivity index (χ3n) is 1.98. The fraction of sp³-hybridized carbons (Fsp3) is 0. The van der Waals surface area contributed by atoms with Crippen molar-refractivity contribution in [2.75, 3.05) is 11.1 Å². The number of pyridine rings is 1. The van der Waals surface area contributed by atoms with Crippen LogP contribution < -0.4 is 11.1 Å². The molecular weight excluding hydrogens is 212 g/mol. The summed E-state index contributed by atoms with van der Waals surface area (Å²) in [6.45, 7) is 0. The Morgan fingerprint density at radius 1 is 1.06 bits per heavy atom. The van der Waals surface area contributed by atoms with Gasteiger partial charge < -0.3 is 11.1 Å². The lowest BCUT2D eigenvalue weighted by Gasteiger charge is -2.07. The number of nitrogens with one attached hydrogen (secondary N) is 1. The molecule has 2 aromatic rings. The minimum atomic E-state index is -0.938. The second-order valence-electron chi connectivity index (χ2n) is 3.17. The highest BCUT2D eigenvalue weighted by atomic mass is 19.2. The van der Waals surface area contributed by atoms with Crippen molar-refractivity contribution in [3.63, 3.8) is 0 Å². The minimum absolute atomic E-state index is 0.0260. The van der Waals surface area contributed by atoms with E-state index in [0.717, 1.165) is 6.07 Å². The highest BCUT2D eigenvalue weighted by molar-refractivity contribution is 5.58. The first-order chi connectivity index (χ1) is 7.66. The molecule has 0 aliphatic carbocycles. The van der Waals surface area contributed by atoms with Gasteiger partial charge in [-0.3, -0.25) is 0 Å². The van der Waals surface area contributed by atoms with Crippen LogP contribution in [0.15, 0.2) is 36.4 Å². The van der Waals surface area contributed by atoms with Crippen LogP contribution in [0.25, 0.3) is 0 Å². The Balaban J connectivity index is 2.31. The van der Waals surface area contributed by atoms with Gasteiger partial charge in [0.05, 0.1) is 5.69 Å². The molecule has 1 aromatic heterocycles. The zero-order valence-corrected chi connectivity index (χ0v) is 8.24. The standard InChI is InChI=1S/C11H9F2N3/c12-7-3-1-4-8(11(7)13)15-10-6-2-5-9(14)16-10/h1-6H,(H3,14,15,16). The number of aromatic nitrogens is 1. The number of anilines is 3. The van der Waals surface area contributed by atoms with E-state index in [0.29, 0.717) is 11.6 Å². The number of nitrogen functional groups attached to an aromatic ring is 1. The molecular formula is C11H9F2N3. The van der Waals surface area contributed by atoms with Crippen LogP contribution in [0.1, 0.15) is 0 Å². The monoisotopic (exact) mass is 221 g/mol. The zero-order valence-electron chi connectivity index (χ0n) is 8.24. The van der Waals surface area contributed by atoms with Crippen molar-refractivity contribution in [1.82, 2.24) is 4.98 Å². The van der Waals surface area contributed by atoms with Gasteiger partial charge in [-0.25, -0.2) is 13.8 Å². The van der Waals surface area contributed by atoms with E-state index in [4.69, 9.17) is 5.73 Å². The minimum Gasteiger partial charge on any atom is -0.384 e. The van der Waals surface area contributed by atoms with Crippen LogP contribution in [0, 0.1) is 11.6 Å². The smallest absolute Gasteiger partial charge is 0.182 e. The largest absolute Gasteiger partial charge is 0.384 e. The predicted molar refractivity (Wildman–Crippen MR) is 58.3 cm³/mol. The van der Waals surface area contributed by atoms with Crippen molar-refractivity contribution < 1.29 is 8.78 Å². The Hall–Kier alpha value is -2.17. The molecule has 0 bridgehead atoms. The van der Waals surface area contributed by atoms with Gasteiger partial charge in [-0.2, -0.15) is 0 Å². The molecule has 0 fully saturated rings. The van der Waals surface area contributed by atoms with Gasteiger partial charge in [0.25, 0.3) is 0 Å². The molecule has 5 heteroatoms. The topological polar surface area (TPSA) is 50.9 Å². The summed E-state index contributed by atoms with van der Waals surface area (Å²) in [6.07, 6.45) is 0. The van der Waals surface area contributed by atoms with Crippen molar-refractivity contribution in [3.05, 3.63) is 48.0 Å². The highest BCUT2D eigenvalue weighted by Crippen LogP contribution is 2.20. The van der Waals surface area contributed by atoms with E-state index in [1.165, 1.54) is 12.1 Å². The second kappa shape index (κ2) is 4.14. The predicted octanol–water partition coefficient (Wildman–Crippen LogP) is 2.69. The maximum Gasteiger partial charge on any atom is 0.182 e. The lowest BCUT2D eigenvalue weighted by molar-refractivity contribution is 0.511. The molecule has 0 atom stereocenters. The molecule has 0 aliphatic rings. The summed E-state index contributed by atoms with van der Waals surface area (Å²) in [5.74, 6) is -1.17. The summed E-state index contributed by atoms with van der Waals surface area (Å²) in [5.41, 5.74) is 5.49. The van der Waals surface area contributed by atoms with Gasteiger partial charge in [0, 0.05) is 0 Å². The van der Waals surface area contributed by atoms with E-state index >= 15 is 0 Å². The molecule has 0 saturated heterocycles. The number of nitrogens with two attached hydrogens (primary N) is 1. The van der Waals surface area contributed by atoms with E-state index in [-0.39, 0.29) is 5.69 Å². The molecule has 0 amide bonds. The maximum absolute atomic E-state index is 13.3. The van der Waals surface area contributed by atoms with E-state index in [9.17, 15) is 8.78 Å². The van der Waals surface area contributed by atoms with E-state index in [1.807, 2.05) is 0 Å². The first-order valence-corrected chi connectivity index (χ1v) is 4.60. The summed E-state index contributed by atoms with van der Waals surface area (Å²) in [7, 11) is 0. The van der Waals surface area contributed by atoms with Crippen molar-refractivity contribution in [2.45, 2.75) is 0 Å². The van der Waals surface area contributed by atoms with Gasteiger partial charge in [-0.05, 0) is 24.3 Å². The van der Waals surface area contributed by atoms with Crippen LogP contribution in [0.5, 0.6) is 0 Å². The SMILES string of the molecule is Nc1cccc(Nc2cccc(F)c2F)n1. The molecule has 0 radical (unpaired) electrons. The lowest BCUT2D eigenvalue weighted by atomic mass is 10.3. The number of rotatable bonds is 2. The zero-order chi connectivity index (χ0) is 11.5. The molecule has 1 aromatic carbocycles. The Labute approximate surface area is 90.9 Å². The van der Waals surface area contributed by atoms with Gasteiger partial charge in [0.15, 0.2) is 11.6 Å². The molecule has 2 rings (SSSR count). The molecule has 16 heavy (non-hydrogen) atoms. The average Bonchev–Trinajstić information content (AvgIpc) is 2.25. The van der Waals surface area contributed by atoms with E-state index in [1.54, 1.807) is 18.2 Å². The normalized spacial score (nSPS) is 10.1. The van der Waals surface area contributed by atoms with Crippen molar-refractivity contribution in [1.29, 1.82) is 0 Å². The molecule has 82 valence electrons. The Kier molecular flexibility index (Phi) is 2.68. The summed E-state index contributed by atoms with van der Waals surface area (Å²) in [5, 5.41) is 2.65. The molecule has 1 heterocycles. The van der Waals surface area contributed by atoms with Crippen LogP contribution in [0.3, 0.4) is 0 Å². The van der Waals surface area contributed by atoms with Crippen molar-refractivity contribution >= 4 is 17.3 Å². The Morgan fingerprint density at radius 3 is 2.56 bits per heavy atom. The maximum atomic E-state index is 13.3. The van der Waals surface area contributed by atoms with Gasteiger partial charge in [0.2, 0.25) is 0 Å². The van der Waals surface area contributed by atoms with Crippen LogP contribution in [0.4, 0.5) is 26.1 Å². The molecule has 0 aliphatic heterocycles. The lowest BCUT2D eigenvalue weighted by Crippen LogP contribution is -1.99. The number of benzene rings is 1. The number of hydrogen-bond donors (Lipinski definition) is 2.